The van der Waals surface area contributed by atoms with Crippen LogP contribution in [0, 0.1) is 0 Å². The van der Waals surface area contributed by atoms with E-state index in [-0.39, 0.29) is 10.1 Å². The van der Waals surface area contributed by atoms with Gasteiger partial charge in [0.15, 0.2) is 0 Å². The highest BCUT2D eigenvalue weighted by molar-refractivity contribution is 7.91. The number of anilines is 2. The number of nitrogen functional groups attached to an aromatic ring is 1. The molecule has 3 N–H and O–H groups in total. The molecule has 0 bridgehead atoms. The van der Waals surface area contributed by atoms with Crippen molar-refractivity contribution in [3.8, 4) is 0 Å². The highest BCUT2D eigenvalue weighted by Gasteiger charge is 2.36. The van der Waals surface area contributed by atoms with Gasteiger partial charge in [0, 0.05) is 6.92 Å². The predicted molar refractivity (Wildman–Crippen MR) is 79.2 cm³/mol. The molecule has 0 unspecified atom stereocenters. The molecule has 13 heteroatoms. The molecule has 0 fully saturated rings. The lowest BCUT2D eigenvalue weighted by Gasteiger charge is -2.24. The topological polar surface area (TPSA) is 118 Å². The number of hydrogen-bond acceptors (Lipinski definition) is 7. The molecular formula is C11H10F3N5O3S2. The maximum absolute atomic E-state index is 13.1. The van der Waals surface area contributed by atoms with Crippen LogP contribution in [0.3, 0.4) is 0 Å². The lowest BCUT2D eigenvalue weighted by Crippen LogP contribution is -2.46. The van der Waals surface area contributed by atoms with E-state index in [1.807, 2.05) is 0 Å². The van der Waals surface area contributed by atoms with Gasteiger partial charge in [-0.15, -0.1) is 15.0 Å². The van der Waals surface area contributed by atoms with Crippen LogP contribution in [-0.2, 0) is 21.0 Å². The number of aromatic nitrogens is 2. The van der Waals surface area contributed by atoms with E-state index in [1.54, 1.807) is 4.83 Å². The second kappa shape index (κ2) is 6.33. The standard InChI is InChI=1S/C11H10F3N5O3S2/c1-6(20)19(8-5-3-2-4-7(8)11(12,13)14)18-24(21,22)10-17-16-9(15)23-10/h2-5,18H,1H3,(H2,15,16). The van der Waals surface area contributed by atoms with Crippen molar-refractivity contribution in [1.82, 2.24) is 15.0 Å². The maximum Gasteiger partial charge on any atom is 0.418 e. The van der Waals surface area contributed by atoms with Gasteiger partial charge < -0.3 is 5.73 Å². The van der Waals surface area contributed by atoms with E-state index in [9.17, 15) is 26.4 Å². The van der Waals surface area contributed by atoms with Crippen LogP contribution in [0.4, 0.5) is 24.0 Å². The second-order valence-electron chi connectivity index (χ2n) is 4.37. The number of sulfonamides is 1. The van der Waals surface area contributed by atoms with Gasteiger partial charge in [-0.3, -0.25) is 4.79 Å². The number of rotatable bonds is 4. The van der Waals surface area contributed by atoms with Crippen LogP contribution >= 0.6 is 11.3 Å². The van der Waals surface area contributed by atoms with Gasteiger partial charge in [-0.25, -0.2) is 13.4 Å². The second-order valence-corrected chi connectivity index (χ2v) is 7.21. The number of para-hydroxylation sites is 1. The Morgan fingerprint density at radius 2 is 1.92 bits per heavy atom. The molecule has 1 aromatic heterocycles. The van der Waals surface area contributed by atoms with Gasteiger partial charge in [0.2, 0.25) is 11.0 Å². The van der Waals surface area contributed by atoms with E-state index < -0.39 is 37.7 Å². The monoisotopic (exact) mass is 381 g/mol. The van der Waals surface area contributed by atoms with E-state index in [0.717, 1.165) is 25.1 Å². The summed E-state index contributed by atoms with van der Waals surface area (Å²) in [7, 11) is -4.44. The lowest BCUT2D eigenvalue weighted by molar-refractivity contribution is -0.137. The minimum atomic E-state index is -4.79. The van der Waals surface area contributed by atoms with Crippen LogP contribution in [0.25, 0.3) is 0 Å². The molecule has 8 nitrogen and oxygen atoms in total. The molecule has 0 atom stereocenters. The van der Waals surface area contributed by atoms with Crippen LogP contribution in [0.15, 0.2) is 28.6 Å². The van der Waals surface area contributed by atoms with Crippen LogP contribution in [0.2, 0.25) is 0 Å². The van der Waals surface area contributed by atoms with E-state index in [0.29, 0.717) is 11.3 Å². The molecule has 0 saturated heterocycles. The summed E-state index contributed by atoms with van der Waals surface area (Å²) in [5, 5.41) is 6.73. The molecular weight excluding hydrogens is 371 g/mol. The quantitative estimate of drug-likeness (QED) is 0.773. The number of carbonyl (C=O) groups excluding carboxylic acids is 1. The third-order valence-corrected chi connectivity index (χ3v) is 5.05. The van der Waals surface area contributed by atoms with Crippen LogP contribution in [-0.4, -0.2) is 24.5 Å². The summed E-state index contributed by atoms with van der Waals surface area (Å²) in [6.07, 6.45) is -4.79. The molecule has 0 spiro atoms. The largest absolute Gasteiger partial charge is 0.418 e. The van der Waals surface area contributed by atoms with Crippen LogP contribution in [0.1, 0.15) is 12.5 Å². The molecule has 0 saturated carbocycles. The van der Waals surface area contributed by atoms with Gasteiger partial charge in [0.1, 0.15) is 0 Å². The molecule has 2 aromatic rings. The number of amides is 1. The van der Waals surface area contributed by atoms with E-state index in [1.165, 1.54) is 6.07 Å². The van der Waals surface area contributed by atoms with E-state index >= 15 is 0 Å². The fourth-order valence-corrected chi connectivity index (χ4v) is 3.52. The van der Waals surface area contributed by atoms with Crippen LogP contribution in [0.5, 0.6) is 0 Å². The third-order valence-electron chi connectivity index (χ3n) is 2.63. The Kier molecular flexibility index (Phi) is 4.77. The summed E-state index contributed by atoms with van der Waals surface area (Å²) in [6.45, 7) is 0.907. The third kappa shape index (κ3) is 3.80. The first kappa shape index (κ1) is 18.1. The Balaban J connectivity index is 2.48. The SMILES string of the molecule is CC(=O)N(NS(=O)(=O)c1nnc(N)s1)c1ccccc1C(F)(F)F. The summed E-state index contributed by atoms with van der Waals surface area (Å²) in [5.74, 6) is -0.979. The van der Waals surface area contributed by atoms with Crippen molar-refractivity contribution < 1.29 is 26.4 Å². The number of hydrazine groups is 1. The van der Waals surface area contributed by atoms with Crippen molar-refractivity contribution in [2.75, 3.05) is 10.7 Å². The number of nitrogens with two attached hydrogens (primary N) is 1. The minimum absolute atomic E-state index is 0.152. The summed E-state index contributed by atoms with van der Waals surface area (Å²) < 4.78 is 63.0. The zero-order chi connectivity index (χ0) is 18.1. The Hall–Kier alpha value is -2.25. The zero-order valence-corrected chi connectivity index (χ0v) is 13.5. The van der Waals surface area contributed by atoms with Gasteiger partial charge in [0.25, 0.3) is 14.4 Å². The number of halogens is 3. The number of nitrogens with zero attached hydrogens (tertiary/aromatic N) is 3. The normalized spacial score (nSPS) is 12.2. The van der Waals surface area contributed by atoms with Gasteiger partial charge in [-0.05, 0) is 12.1 Å². The summed E-state index contributed by atoms with van der Waals surface area (Å²) >= 11 is 0.498. The average Bonchev–Trinajstić information content (AvgIpc) is 2.91. The molecule has 130 valence electrons. The Labute approximate surface area is 138 Å². The van der Waals surface area contributed by atoms with Gasteiger partial charge in [0.05, 0.1) is 11.3 Å². The average molecular weight is 381 g/mol. The molecule has 24 heavy (non-hydrogen) atoms. The number of carbonyl (C=O) groups is 1. The smallest absolute Gasteiger partial charge is 0.374 e. The Bertz CT molecular complexity index is 866. The van der Waals surface area contributed by atoms with Crippen molar-refractivity contribution >= 4 is 38.1 Å². The highest BCUT2D eigenvalue weighted by atomic mass is 32.2. The van der Waals surface area contributed by atoms with Gasteiger partial charge in [-0.2, -0.15) is 13.2 Å². The summed E-state index contributed by atoms with van der Waals surface area (Å²) in [4.78, 5) is 13.5. The molecule has 1 aromatic carbocycles. The van der Waals surface area contributed by atoms with Crippen LogP contribution < -0.4 is 15.6 Å². The highest BCUT2D eigenvalue weighted by Crippen LogP contribution is 2.36. The van der Waals surface area contributed by atoms with Crippen molar-refractivity contribution in [3.05, 3.63) is 29.8 Å². The van der Waals surface area contributed by atoms with Gasteiger partial charge in [-0.1, -0.05) is 23.5 Å². The Morgan fingerprint density at radius 3 is 2.42 bits per heavy atom. The van der Waals surface area contributed by atoms with E-state index in [2.05, 4.69) is 10.2 Å². The molecule has 0 aliphatic heterocycles. The van der Waals surface area contributed by atoms with Crippen molar-refractivity contribution in [2.24, 2.45) is 0 Å². The van der Waals surface area contributed by atoms with Crippen molar-refractivity contribution in [2.45, 2.75) is 17.4 Å². The lowest BCUT2D eigenvalue weighted by atomic mass is 10.1. The molecule has 1 heterocycles. The molecule has 2 rings (SSSR count). The number of alkyl halides is 3. The number of benzene rings is 1. The predicted octanol–water partition coefficient (Wildman–Crippen LogP) is 1.39. The minimum Gasteiger partial charge on any atom is -0.374 e. The summed E-state index contributed by atoms with van der Waals surface area (Å²) in [6, 6.07) is 4.03. The van der Waals surface area contributed by atoms with E-state index in [4.69, 9.17) is 5.73 Å². The van der Waals surface area contributed by atoms with Crippen molar-refractivity contribution in [1.29, 1.82) is 0 Å². The molecule has 1 amide bonds. The number of hydrogen-bond donors (Lipinski definition) is 2. The zero-order valence-electron chi connectivity index (χ0n) is 11.9. The fourth-order valence-electron chi connectivity index (χ4n) is 1.68. The number of nitrogens with one attached hydrogen (secondary N) is 1. The summed E-state index contributed by atoms with van der Waals surface area (Å²) in [5.41, 5.74) is 3.43. The molecule has 0 aliphatic carbocycles. The van der Waals surface area contributed by atoms with Gasteiger partial charge >= 0.3 is 6.18 Å². The first-order chi connectivity index (χ1) is 11.0. The maximum atomic E-state index is 13.1. The van der Waals surface area contributed by atoms with Crippen molar-refractivity contribution in [3.63, 3.8) is 0 Å². The fraction of sp³-hybridized carbons (Fsp3) is 0.182. The molecule has 0 aliphatic rings. The first-order valence-corrected chi connectivity index (χ1v) is 8.40. The first-order valence-electron chi connectivity index (χ1n) is 6.10. The molecule has 0 radical (unpaired) electrons. The Morgan fingerprint density at radius 1 is 1.29 bits per heavy atom.